The Kier molecular flexibility index (Phi) is 4.16. The zero-order chi connectivity index (χ0) is 13.8. The van der Waals surface area contributed by atoms with Crippen molar-refractivity contribution in [3.05, 3.63) is 52.6 Å². The van der Waals surface area contributed by atoms with Crippen molar-refractivity contribution in [2.24, 2.45) is 0 Å². The van der Waals surface area contributed by atoms with Gasteiger partial charge in [0, 0.05) is 24.8 Å². The fourth-order valence-corrected chi connectivity index (χ4v) is 1.90. The van der Waals surface area contributed by atoms with Crippen LogP contribution in [0.3, 0.4) is 0 Å². The predicted octanol–water partition coefficient (Wildman–Crippen LogP) is 3.34. The maximum atomic E-state index is 12.0. The van der Waals surface area contributed by atoms with Crippen LogP contribution in [0.4, 0.5) is 0 Å². The number of carbonyl (C=O) groups is 1. The molecular weight excluding hydrogens is 308 g/mol. The van der Waals surface area contributed by atoms with Crippen molar-refractivity contribution in [1.82, 2.24) is 9.88 Å². The summed E-state index contributed by atoms with van der Waals surface area (Å²) in [7, 11) is 3.39. The first-order chi connectivity index (χ1) is 9.08. The van der Waals surface area contributed by atoms with Gasteiger partial charge in [-0.3, -0.25) is 4.79 Å². The van der Waals surface area contributed by atoms with E-state index in [9.17, 15) is 4.79 Å². The summed E-state index contributed by atoms with van der Waals surface area (Å²) >= 11 is 3.37. The number of amides is 1. The Morgan fingerprint density at radius 1 is 1.26 bits per heavy atom. The van der Waals surface area contributed by atoms with Gasteiger partial charge >= 0.3 is 0 Å². The molecule has 2 aromatic rings. The summed E-state index contributed by atoms with van der Waals surface area (Å²) in [5, 5.41) is 0. The van der Waals surface area contributed by atoms with Crippen molar-refractivity contribution >= 4 is 21.8 Å². The fourth-order valence-electron chi connectivity index (χ4n) is 1.52. The standard InChI is InChI=1S/C14H13BrN2O2/c1-17(2)14(18)12-7-4-8-16-13(12)19-11-6-3-5-10(15)9-11/h3-9H,1-2H3. The van der Waals surface area contributed by atoms with Crippen LogP contribution in [0.2, 0.25) is 0 Å². The van der Waals surface area contributed by atoms with E-state index >= 15 is 0 Å². The number of carbonyl (C=O) groups excluding carboxylic acids is 1. The molecule has 0 aliphatic heterocycles. The smallest absolute Gasteiger partial charge is 0.258 e. The quantitative estimate of drug-likeness (QED) is 0.871. The Morgan fingerprint density at radius 3 is 2.74 bits per heavy atom. The van der Waals surface area contributed by atoms with Gasteiger partial charge in [0.2, 0.25) is 5.88 Å². The first kappa shape index (κ1) is 13.5. The zero-order valence-corrected chi connectivity index (χ0v) is 12.2. The van der Waals surface area contributed by atoms with Crippen molar-refractivity contribution in [2.45, 2.75) is 0 Å². The Hall–Kier alpha value is -1.88. The highest BCUT2D eigenvalue weighted by molar-refractivity contribution is 9.10. The number of halogens is 1. The molecule has 98 valence electrons. The first-order valence-corrected chi connectivity index (χ1v) is 6.47. The summed E-state index contributed by atoms with van der Waals surface area (Å²) in [6.07, 6.45) is 1.60. The van der Waals surface area contributed by atoms with Gasteiger partial charge in [-0.15, -0.1) is 0 Å². The van der Waals surface area contributed by atoms with E-state index in [1.165, 1.54) is 4.90 Å². The molecule has 0 radical (unpaired) electrons. The maximum Gasteiger partial charge on any atom is 0.258 e. The molecule has 1 heterocycles. The van der Waals surface area contributed by atoms with E-state index in [-0.39, 0.29) is 5.91 Å². The Balaban J connectivity index is 2.33. The fraction of sp³-hybridized carbons (Fsp3) is 0.143. The monoisotopic (exact) mass is 320 g/mol. The van der Waals surface area contributed by atoms with Crippen LogP contribution in [0.25, 0.3) is 0 Å². The van der Waals surface area contributed by atoms with Gasteiger partial charge in [-0.05, 0) is 30.3 Å². The predicted molar refractivity (Wildman–Crippen MR) is 76.5 cm³/mol. The second-order valence-corrected chi connectivity index (χ2v) is 5.03. The molecular formula is C14H13BrN2O2. The molecule has 0 atom stereocenters. The van der Waals surface area contributed by atoms with Crippen LogP contribution in [0.5, 0.6) is 11.6 Å². The molecule has 0 fully saturated rings. The van der Waals surface area contributed by atoms with Crippen LogP contribution in [-0.2, 0) is 0 Å². The molecule has 0 aliphatic rings. The Labute approximate surface area is 120 Å². The highest BCUT2D eigenvalue weighted by atomic mass is 79.9. The third kappa shape index (κ3) is 3.32. The number of aromatic nitrogens is 1. The molecule has 19 heavy (non-hydrogen) atoms. The number of pyridine rings is 1. The van der Waals surface area contributed by atoms with Gasteiger partial charge in [-0.25, -0.2) is 4.98 Å². The molecule has 4 nitrogen and oxygen atoms in total. The largest absolute Gasteiger partial charge is 0.438 e. The van der Waals surface area contributed by atoms with Gasteiger partial charge in [0.1, 0.15) is 11.3 Å². The third-order valence-corrected chi connectivity index (χ3v) is 2.91. The molecule has 0 aliphatic carbocycles. The molecule has 2 rings (SSSR count). The third-order valence-electron chi connectivity index (χ3n) is 2.42. The average molecular weight is 321 g/mol. The molecule has 1 amide bonds. The Bertz CT molecular complexity index is 600. The Morgan fingerprint density at radius 2 is 2.05 bits per heavy atom. The summed E-state index contributed by atoms with van der Waals surface area (Å²) < 4.78 is 6.58. The topological polar surface area (TPSA) is 42.4 Å². The molecule has 0 unspecified atom stereocenters. The molecule has 0 saturated carbocycles. The number of rotatable bonds is 3. The minimum absolute atomic E-state index is 0.141. The molecule has 0 bridgehead atoms. The minimum atomic E-state index is -0.141. The van der Waals surface area contributed by atoms with E-state index < -0.39 is 0 Å². The second kappa shape index (κ2) is 5.84. The number of benzene rings is 1. The molecule has 0 N–H and O–H groups in total. The average Bonchev–Trinajstić information content (AvgIpc) is 2.38. The zero-order valence-electron chi connectivity index (χ0n) is 10.6. The lowest BCUT2D eigenvalue weighted by Gasteiger charge is -2.13. The molecule has 5 heteroatoms. The molecule has 1 aromatic carbocycles. The van der Waals surface area contributed by atoms with Gasteiger partial charge in [0.05, 0.1) is 0 Å². The summed E-state index contributed by atoms with van der Waals surface area (Å²) in [5.41, 5.74) is 0.437. The van der Waals surface area contributed by atoms with Crippen molar-refractivity contribution in [1.29, 1.82) is 0 Å². The summed E-state index contributed by atoms with van der Waals surface area (Å²) in [6.45, 7) is 0. The van der Waals surface area contributed by atoms with Crippen molar-refractivity contribution < 1.29 is 9.53 Å². The van der Waals surface area contributed by atoms with E-state index in [1.807, 2.05) is 24.3 Å². The minimum Gasteiger partial charge on any atom is -0.438 e. The van der Waals surface area contributed by atoms with Crippen molar-refractivity contribution in [3.63, 3.8) is 0 Å². The summed E-state index contributed by atoms with van der Waals surface area (Å²) in [4.78, 5) is 17.6. The summed E-state index contributed by atoms with van der Waals surface area (Å²) in [5.74, 6) is 0.790. The van der Waals surface area contributed by atoms with Crippen molar-refractivity contribution in [3.8, 4) is 11.6 Å². The van der Waals surface area contributed by atoms with E-state index in [0.717, 1.165) is 4.47 Å². The number of nitrogens with zero attached hydrogens (tertiary/aromatic N) is 2. The lowest BCUT2D eigenvalue weighted by atomic mass is 10.2. The second-order valence-electron chi connectivity index (χ2n) is 4.12. The summed E-state index contributed by atoms with van der Waals surface area (Å²) in [6, 6.07) is 10.8. The highest BCUT2D eigenvalue weighted by Gasteiger charge is 2.15. The number of hydrogen-bond donors (Lipinski definition) is 0. The van der Waals surface area contributed by atoms with Gasteiger partial charge in [0.15, 0.2) is 0 Å². The van der Waals surface area contributed by atoms with Crippen molar-refractivity contribution in [2.75, 3.05) is 14.1 Å². The maximum absolute atomic E-state index is 12.0. The molecule has 0 spiro atoms. The van der Waals surface area contributed by atoms with E-state index in [0.29, 0.717) is 17.2 Å². The molecule has 1 aromatic heterocycles. The number of ether oxygens (including phenoxy) is 1. The molecule has 0 saturated heterocycles. The normalized spacial score (nSPS) is 10.1. The van der Waals surface area contributed by atoms with E-state index in [1.54, 1.807) is 32.4 Å². The van der Waals surface area contributed by atoms with Crippen LogP contribution in [0.15, 0.2) is 47.1 Å². The van der Waals surface area contributed by atoms with Gasteiger partial charge in [-0.1, -0.05) is 22.0 Å². The number of hydrogen-bond acceptors (Lipinski definition) is 3. The lowest BCUT2D eigenvalue weighted by molar-refractivity contribution is 0.0824. The lowest BCUT2D eigenvalue weighted by Crippen LogP contribution is -2.22. The van der Waals surface area contributed by atoms with Crippen LogP contribution < -0.4 is 4.74 Å². The van der Waals surface area contributed by atoms with Crippen LogP contribution >= 0.6 is 15.9 Å². The van der Waals surface area contributed by atoms with E-state index in [4.69, 9.17) is 4.74 Å². The van der Waals surface area contributed by atoms with Gasteiger partial charge < -0.3 is 9.64 Å². The van der Waals surface area contributed by atoms with Crippen LogP contribution in [0, 0.1) is 0 Å². The van der Waals surface area contributed by atoms with E-state index in [2.05, 4.69) is 20.9 Å². The highest BCUT2D eigenvalue weighted by Crippen LogP contribution is 2.25. The SMILES string of the molecule is CN(C)C(=O)c1cccnc1Oc1cccc(Br)c1. The van der Waals surface area contributed by atoms with Gasteiger partial charge in [0.25, 0.3) is 5.91 Å². The van der Waals surface area contributed by atoms with Crippen LogP contribution in [-0.4, -0.2) is 29.9 Å². The van der Waals surface area contributed by atoms with Crippen LogP contribution in [0.1, 0.15) is 10.4 Å². The first-order valence-electron chi connectivity index (χ1n) is 5.68. The van der Waals surface area contributed by atoms with Gasteiger partial charge in [-0.2, -0.15) is 0 Å².